The van der Waals surface area contributed by atoms with Crippen molar-refractivity contribution in [3.63, 3.8) is 0 Å². The first kappa shape index (κ1) is 23.4. The van der Waals surface area contributed by atoms with Crippen LogP contribution < -0.4 is 10.6 Å². The fourth-order valence-electron chi connectivity index (χ4n) is 2.47. The molecule has 0 bridgehead atoms. The van der Waals surface area contributed by atoms with Crippen molar-refractivity contribution in [3.8, 4) is 0 Å². The molecule has 2 aromatic rings. The third-order valence-electron chi connectivity index (χ3n) is 3.85. The molecule has 0 fully saturated rings. The van der Waals surface area contributed by atoms with Gasteiger partial charge in [-0.25, -0.2) is 0 Å². The van der Waals surface area contributed by atoms with Crippen LogP contribution in [-0.4, -0.2) is 37.2 Å². The minimum absolute atomic E-state index is 0. The van der Waals surface area contributed by atoms with E-state index in [1.54, 1.807) is 6.20 Å². The van der Waals surface area contributed by atoms with Gasteiger partial charge in [-0.3, -0.25) is 9.98 Å². The van der Waals surface area contributed by atoms with Gasteiger partial charge in [-0.1, -0.05) is 43.3 Å². The van der Waals surface area contributed by atoms with Gasteiger partial charge >= 0.3 is 0 Å². The number of halogens is 1. The molecule has 0 aliphatic carbocycles. The van der Waals surface area contributed by atoms with E-state index in [-0.39, 0.29) is 24.0 Å². The van der Waals surface area contributed by atoms with Gasteiger partial charge in [-0.05, 0) is 36.5 Å². The minimum Gasteiger partial charge on any atom is -0.376 e. The van der Waals surface area contributed by atoms with Crippen LogP contribution in [0, 0.1) is 5.92 Å². The van der Waals surface area contributed by atoms with Crippen molar-refractivity contribution >= 4 is 29.9 Å². The first-order chi connectivity index (χ1) is 12.8. The summed E-state index contributed by atoms with van der Waals surface area (Å²) in [5, 5.41) is 6.67. The SMILES string of the molecule is CCNC(=NCC(C)COCc1ccccc1)NCCc1cccnc1.I. The fraction of sp³-hybridized carbons (Fsp3) is 0.429. The van der Waals surface area contributed by atoms with Crippen molar-refractivity contribution in [3.05, 3.63) is 66.0 Å². The summed E-state index contributed by atoms with van der Waals surface area (Å²) in [5.74, 6) is 1.22. The Kier molecular flexibility index (Phi) is 12.5. The van der Waals surface area contributed by atoms with Gasteiger partial charge in [0.05, 0.1) is 13.2 Å². The highest BCUT2D eigenvalue weighted by atomic mass is 127. The Labute approximate surface area is 180 Å². The van der Waals surface area contributed by atoms with Crippen molar-refractivity contribution in [1.82, 2.24) is 15.6 Å². The zero-order chi connectivity index (χ0) is 18.5. The fourth-order valence-corrected chi connectivity index (χ4v) is 2.47. The average Bonchev–Trinajstić information content (AvgIpc) is 2.68. The van der Waals surface area contributed by atoms with Crippen LogP contribution in [-0.2, 0) is 17.8 Å². The molecule has 6 heteroatoms. The smallest absolute Gasteiger partial charge is 0.191 e. The van der Waals surface area contributed by atoms with Crippen LogP contribution in [0.1, 0.15) is 25.0 Å². The van der Waals surface area contributed by atoms with Gasteiger partial charge in [0.1, 0.15) is 0 Å². The Bertz CT molecular complexity index is 637. The molecule has 2 rings (SSSR count). The molecule has 0 spiro atoms. The van der Waals surface area contributed by atoms with E-state index in [4.69, 9.17) is 4.74 Å². The maximum absolute atomic E-state index is 5.80. The highest BCUT2D eigenvalue weighted by Gasteiger charge is 2.04. The van der Waals surface area contributed by atoms with E-state index in [2.05, 4.69) is 52.7 Å². The van der Waals surface area contributed by atoms with E-state index in [1.807, 2.05) is 30.5 Å². The second-order valence-electron chi connectivity index (χ2n) is 6.36. The van der Waals surface area contributed by atoms with E-state index in [1.165, 1.54) is 11.1 Å². The number of hydrogen-bond donors (Lipinski definition) is 2. The average molecular weight is 482 g/mol. The number of rotatable bonds is 10. The standard InChI is InChI=1S/C21H30N4O.HI/c1-3-23-21(24-13-11-19-10-7-12-22-15-19)25-14-18(2)16-26-17-20-8-5-4-6-9-20;/h4-10,12,15,18H,3,11,13-14,16-17H2,1-2H3,(H2,23,24,25);1H. The van der Waals surface area contributed by atoms with E-state index in [0.29, 0.717) is 19.1 Å². The van der Waals surface area contributed by atoms with Crippen LogP contribution in [0.2, 0.25) is 0 Å². The summed E-state index contributed by atoms with van der Waals surface area (Å²) < 4.78 is 5.80. The molecule has 1 atom stereocenters. The molecule has 0 radical (unpaired) electrons. The monoisotopic (exact) mass is 482 g/mol. The lowest BCUT2D eigenvalue weighted by Gasteiger charge is -2.14. The number of guanidine groups is 1. The van der Waals surface area contributed by atoms with E-state index < -0.39 is 0 Å². The molecule has 2 N–H and O–H groups in total. The lowest BCUT2D eigenvalue weighted by atomic mass is 10.2. The third-order valence-corrected chi connectivity index (χ3v) is 3.85. The topological polar surface area (TPSA) is 58.5 Å². The second kappa shape index (κ2) is 14.4. The normalized spacial score (nSPS) is 12.1. The van der Waals surface area contributed by atoms with Gasteiger partial charge in [0.25, 0.3) is 0 Å². The number of hydrogen-bond acceptors (Lipinski definition) is 3. The molecular formula is C21H31IN4O. The summed E-state index contributed by atoms with van der Waals surface area (Å²) in [7, 11) is 0. The maximum Gasteiger partial charge on any atom is 0.191 e. The summed E-state index contributed by atoms with van der Waals surface area (Å²) in [6.07, 6.45) is 4.62. The van der Waals surface area contributed by atoms with E-state index in [0.717, 1.165) is 32.0 Å². The second-order valence-corrected chi connectivity index (χ2v) is 6.36. The molecule has 1 unspecified atom stereocenters. The highest BCUT2D eigenvalue weighted by molar-refractivity contribution is 14.0. The molecule has 5 nitrogen and oxygen atoms in total. The largest absolute Gasteiger partial charge is 0.376 e. The van der Waals surface area contributed by atoms with Gasteiger partial charge in [0, 0.05) is 32.0 Å². The molecule has 1 heterocycles. The molecular weight excluding hydrogens is 451 g/mol. The number of benzene rings is 1. The number of pyridine rings is 1. The van der Waals surface area contributed by atoms with Crippen molar-refractivity contribution in [1.29, 1.82) is 0 Å². The molecule has 0 saturated heterocycles. The Balaban J connectivity index is 0.00000364. The van der Waals surface area contributed by atoms with Crippen molar-refractivity contribution in [2.45, 2.75) is 26.9 Å². The van der Waals surface area contributed by atoms with E-state index >= 15 is 0 Å². The summed E-state index contributed by atoms with van der Waals surface area (Å²) in [4.78, 5) is 8.81. The number of ether oxygens (including phenoxy) is 1. The maximum atomic E-state index is 5.80. The van der Waals surface area contributed by atoms with Crippen LogP contribution in [0.15, 0.2) is 59.9 Å². The summed E-state index contributed by atoms with van der Waals surface area (Å²) >= 11 is 0. The Morgan fingerprint density at radius 3 is 2.59 bits per heavy atom. The van der Waals surface area contributed by atoms with Gasteiger partial charge in [0.15, 0.2) is 5.96 Å². The number of aliphatic imine (C=N–C) groups is 1. The lowest BCUT2D eigenvalue weighted by molar-refractivity contribution is 0.0945. The predicted octanol–water partition coefficient (Wildman–Crippen LogP) is 3.65. The minimum atomic E-state index is 0. The van der Waals surface area contributed by atoms with Gasteiger partial charge in [-0.2, -0.15) is 0 Å². The van der Waals surface area contributed by atoms with Crippen LogP contribution in [0.5, 0.6) is 0 Å². The summed E-state index contributed by atoms with van der Waals surface area (Å²) in [6.45, 7) is 8.00. The summed E-state index contributed by atoms with van der Waals surface area (Å²) in [6, 6.07) is 14.3. The first-order valence-electron chi connectivity index (χ1n) is 9.30. The predicted molar refractivity (Wildman–Crippen MR) is 123 cm³/mol. The van der Waals surface area contributed by atoms with Crippen molar-refractivity contribution in [2.75, 3.05) is 26.2 Å². The first-order valence-corrected chi connectivity index (χ1v) is 9.30. The van der Waals surface area contributed by atoms with Crippen molar-refractivity contribution < 1.29 is 4.74 Å². The van der Waals surface area contributed by atoms with Crippen LogP contribution >= 0.6 is 24.0 Å². The number of nitrogens with zero attached hydrogens (tertiary/aromatic N) is 2. The van der Waals surface area contributed by atoms with Crippen LogP contribution in [0.4, 0.5) is 0 Å². The zero-order valence-electron chi connectivity index (χ0n) is 16.2. The highest BCUT2D eigenvalue weighted by Crippen LogP contribution is 2.03. The molecule has 0 amide bonds. The Hall–Kier alpha value is -1.67. The number of aromatic nitrogens is 1. The third kappa shape index (κ3) is 10.3. The molecule has 0 aliphatic rings. The van der Waals surface area contributed by atoms with E-state index in [9.17, 15) is 0 Å². The lowest BCUT2D eigenvalue weighted by Crippen LogP contribution is -2.38. The Morgan fingerprint density at radius 1 is 1.11 bits per heavy atom. The zero-order valence-corrected chi connectivity index (χ0v) is 18.6. The van der Waals surface area contributed by atoms with Crippen molar-refractivity contribution in [2.24, 2.45) is 10.9 Å². The van der Waals surface area contributed by atoms with Crippen LogP contribution in [0.3, 0.4) is 0 Å². The van der Waals surface area contributed by atoms with Gasteiger partial charge in [-0.15, -0.1) is 24.0 Å². The van der Waals surface area contributed by atoms with Gasteiger partial charge in [0.2, 0.25) is 0 Å². The molecule has 148 valence electrons. The van der Waals surface area contributed by atoms with Crippen LogP contribution in [0.25, 0.3) is 0 Å². The molecule has 0 saturated carbocycles. The number of nitrogens with one attached hydrogen (secondary N) is 2. The quantitative estimate of drug-likeness (QED) is 0.309. The molecule has 1 aromatic heterocycles. The molecule has 27 heavy (non-hydrogen) atoms. The molecule has 0 aliphatic heterocycles. The van der Waals surface area contributed by atoms with Gasteiger partial charge < -0.3 is 15.4 Å². The Morgan fingerprint density at radius 2 is 1.89 bits per heavy atom. The molecule has 1 aromatic carbocycles. The summed E-state index contributed by atoms with van der Waals surface area (Å²) in [5.41, 5.74) is 2.42.